The highest BCUT2D eigenvalue weighted by molar-refractivity contribution is 5.58. The zero-order chi connectivity index (χ0) is 54.5. The van der Waals surface area contributed by atoms with Crippen molar-refractivity contribution in [3.05, 3.63) is 116 Å². The number of hydrogen-bond acceptors (Lipinski definition) is 8. The highest BCUT2D eigenvalue weighted by Gasteiger charge is 2.58. The van der Waals surface area contributed by atoms with Crippen LogP contribution in [0, 0.1) is 0 Å². The zero-order valence-electron chi connectivity index (χ0n) is 49.7. The van der Waals surface area contributed by atoms with Crippen LogP contribution in [0.5, 0.6) is 23.0 Å². The third-order valence-electron chi connectivity index (χ3n) is 15.9. The van der Waals surface area contributed by atoms with E-state index in [1.54, 1.807) is 0 Å². The van der Waals surface area contributed by atoms with Gasteiger partial charge >= 0.3 is 0 Å². The van der Waals surface area contributed by atoms with E-state index in [2.05, 4.69) is 213 Å². The molecule has 0 bridgehead atoms. The van der Waals surface area contributed by atoms with Gasteiger partial charge in [-0.05, 0) is 78.0 Å². The highest BCUT2D eigenvalue weighted by Crippen LogP contribution is 2.49. The Kier molecular flexibility index (Phi) is 14.7. The van der Waals surface area contributed by atoms with Gasteiger partial charge in [-0.2, -0.15) is 0 Å². The molecule has 4 saturated heterocycles. The molecule has 0 aliphatic carbocycles. The van der Waals surface area contributed by atoms with E-state index in [1.165, 1.54) is 55.6 Å². The topological polar surface area (TPSA) is 87.0 Å². The minimum Gasteiger partial charge on any atom is -0.490 e. The lowest BCUT2D eigenvalue weighted by Gasteiger charge is -2.37. The van der Waals surface area contributed by atoms with Crippen molar-refractivity contribution < 1.29 is 37.9 Å². The summed E-state index contributed by atoms with van der Waals surface area (Å²) in [7, 11) is 0. The third kappa shape index (κ3) is 12.5. The van der Waals surface area contributed by atoms with Crippen LogP contribution >= 0.6 is 0 Å². The van der Waals surface area contributed by atoms with Crippen LogP contribution in [0.4, 0.5) is 0 Å². The van der Waals surface area contributed by atoms with Gasteiger partial charge in [-0.3, -0.25) is 0 Å². The summed E-state index contributed by atoms with van der Waals surface area (Å²) in [6.07, 6.45) is 0.235. The van der Waals surface area contributed by atoms with E-state index in [9.17, 15) is 0 Å². The molecular weight excluding hydrogens is 921 g/mol. The monoisotopic (exact) mass is 1010 g/mol. The van der Waals surface area contributed by atoms with Gasteiger partial charge in [-0.15, -0.1) is 0 Å². The molecule has 0 amide bonds. The standard InChI is InChI=1S/C66H94O8/c1-59(2,3)45-27-39(23-25-51(45)69-35-43-33-67-43)65(19,20)40-24-26-52(46(28-40)60(4,5)6)70-37-53-57(73-53)58-54(74-58)38-72-56-49(63(13,14)15)31-42(32-50(56)64(16,17)18)66(21,22)41-29-47(61(7,8)9)55(71-36-44-34-68-44)48(30-41)62(10,11)12/h23-32,43-44,53-54,57-58H,33-38H2,1-22H3. The van der Waals surface area contributed by atoms with Crippen molar-refractivity contribution in [2.24, 2.45) is 0 Å². The minimum absolute atomic E-state index is 0.0252. The first-order valence-corrected chi connectivity index (χ1v) is 27.7. The van der Waals surface area contributed by atoms with Crippen LogP contribution in [0.3, 0.4) is 0 Å². The molecule has 0 aromatic heterocycles. The number of hydrogen-bond donors (Lipinski definition) is 0. The normalized spacial score (nSPS) is 22.4. The molecule has 4 aromatic rings. The van der Waals surface area contributed by atoms with Crippen LogP contribution in [0.1, 0.15) is 208 Å². The summed E-state index contributed by atoms with van der Waals surface area (Å²) in [5.74, 6) is 3.81. The van der Waals surface area contributed by atoms with Crippen LogP contribution in [0.15, 0.2) is 60.7 Å². The Morgan fingerprint density at radius 2 is 0.622 bits per heavy atom. The van der Waals surface area contributed by atoms with Crippen LogP contribution in [0.2, 0.25) is 0 Å². The van der Waals surface area contributed by atoms with E-state index in [-0.39, 0.29) is 79.9 Å². The Morgan fingerprint density at radius 1 is 0.351 bits per heavy atom. The summed E-state index contributed by atoms with van der Waals surface area (Å²) >= 11 is 0. The molecule has 0 spiro atoms. The molecule has 4 aliphatic heterocycles. The molecule has 406 valence electrons. The predicted octanol–water partition coefficient (Wildman–Crippen LogP) is 14.7. The second-order valence-electron chi connectivity index (χ2n) is 29.4. The fourth-order valence-electron chi connectivity index (χ4n) is 10.3. The Hall–Kier alpha value is -4.08. The molecule has 74 heavy (non-hydrogen) atoms. The van der Waals surface area contributed by atoms with Gasteiger partial charge in [0, 0.05) is 33.1 Å². The molecule has 8 nitrogen and oxygen atoms in total. The Bertz CT molecular complexity index is 2600. The van der Waals surface area contributed by atoms with E-state index in [0.29, 0.717) is 26.4 Å². The molecule has 6 atom stereocenters. The van der Waals surface area contributed by atoms with Crippen LogP contribution in [-0.4, -0.2) is 76.3 Å². The molecule has 8 rings (SSSR count). The maximum absolute atomic E-state index is 7.01. The SMILES string of the molecule is CC(C)(C)c1cc(C(C)(C)c2ccc(OCC3OC3C3OC3COc3c(C(C)(C)C)cc(C(C)(C)c4cc(C(C)(C)C)c(OCC5CO5)c(C(C)(C)C)c4)cc3C(C)(C)C)c(C(C)(C)C)c2)ccc1OCC1CO1. The smallest absolute Gasteiger partial charge is 0.126 e. The fraction of sp³-hybridized carbons (Fsp3) is 0.636. The second-order valence-corrected chi connectivity index (χ2v) is 29.4. The first kappa shape index (κ1) is 56.1. The van der Waals surface area contributed by atoms with Gasteiger partial charge in [0.25, 0.3) is 0 Å². The molecule has 4 aromatic carbocycles. The maximum atomic E-state index is 7.01. The van der Waals surface area contributed by atoms with Crippen molar-refractivity contribution in [3.63, 3.8) is 0 Å². The number of rotatable bonds is 17. The zero-order valence-corrected chi connectivity index (χ0v) is 49.7. The number of epoxide rings is 4. The van der Waals surface area contributed by atoms with E-state index in [0.717, 1.165) is 36.2 Å². The van der Waals surface area contributed by atoms with Crippen molar-refractivity contribution in [1.29, 1.82) is 0 Å². The van der Waals surface area contributed by atoms with Crippen LogP contribution < -0.4 is 18.9 Å². The predicted molar refractivity (Wildman–Crippen MR) is 301 cm³/mol. The van der Waals surface area contributed by atoms with Crippen molar-refractivity contribution in [2.75, 3.05) is 39.6 Å². The summed E-state index contributed by atoms with van der Waals surface area (Å²) in [4.78, 5) is 0. The van der Waals surface area contributed by atoms with Gasteiger partial charge in [0.05, 0.1) is 13.2 Å². The van der Waals surface area contributed by atoms with E-state index in [1.807, 2.05) is 0 Å². The molecule has 0 radical (unpaired) electrons. The second kappa shape index (κ2) is 19.4. The lowest BCUT2D eigenvalue weighted by molar-refractivity contribution is 0.245. The molecule has 4 fully saturated rings. The molecule has 6 unspecified atom stereocenters. The Morgan fingerprint density at radius 3 is 0.946 bits per heavy atom. The Labute approximate surface area is 447 Å². The van der Waals surface area contributed by atoms with Crippen molar-refractivity contribution in [1.82, 2.24) is 0 Å². The fourth-order valence-corrected chi connectivity index (χ4v) is 10.3. The highest BCUT2D eigenvalue weighted by atomic mass is 16.7. The van der Waals surface area contributed by atoms with Gasteiger partial charge in [0.15, 0.2) is 0 Å². The Balaban J connectivity index is 0.973. The van der Waals surface area contributed by atoms with Gasteiger partial charge in [0.1, 0.15) is 86.0 Å². The molecule has 0 saturated carbocycles. The maximum Gasteiger partial charge on any atom is 0.126 e. The van der Waals surface area contributed by atoms with E-state index < -0.39 is 0 Å². The van der Waals surface area contributed by atoms with Gasteiger partial charge in [0.2, 0.25) is 0 Å². The summed E-state index contributed by atoms with van der Waals surface area (Å²) in [6, 6.07) is 23.1. The van der Waals surface area contributed by atoms with Gasteiger partial charge in [-0.25, -0.2) is 0 Å². The molecule has 8 heteroatoms. The molecule has 4 heterocycles. The first-order chi connectivity index (χ1) is 34.0. The van der Waals surface area contributed by atoms with E-state index >= 15 is 0 Å². The van der Waals surface area contributed by atoms with Gasteiger partial charge in [-0.1, -0.05) is 201 Å². The first-order valence-electron chi connectivity index (χ1n) is 27.7. The van der Waals surface area contributed by atoms with Crippen molar-refractivity contribution in [2.45, 2.75) is 232 Å². The number of benzene rings is 4. The summed E-state index contributed by atoms with van der Waals surface area (Å²) < 4.78 is 50.3. The van der Waals surface area contributed by atoms with Gasteiger partial charge < -0.3 is 37.9 Å². The van der Waals surface area contributed by atoms with Crippen molar-refractivity contribution in [3.8, 4) is 23.0 Å². The summed E-state index contributed by atoms with van der Waals surface area (Å²) in [5.41, 5.74) is 10.8. The minimum atomic E-state index is -0.335. The molecule has 0 N–H and O–H groups in total. The quantitative estimate of drug-likeness (QED) is 0.0967. The summed E-state index contributed by atoms with van der Waals surface area (Å²) in [6.45, 7) is 54.1. The average Bonchev–Trinajstić information content (AvgIpc) is 4.06. The lowest BCUT2D eigenvalue weighted by atomic mass is 9.69. The average molecular weight is 1020 g/mol. The summed E-state index contributed by atoms with van der Waals surface area (Å²) in [5, 5.41) is 0. The number of ether oxygens (including phenoxy) is 8. The lowest BCUT2D eigenvalue weighted by Crippen LogP contribution is -2.28. The van der Waals surface area contributed by atoms with E-state index in [4.69, 9.17) is 37.9 Å². The molecule has 4 aliphatic rings. The molecular formula is C66H94O8. The van der Waals surface area contributed by atoms with Crippen LogP contribution in [-0.2, 0) is 62.3 Å². The van der Waals surface area contributed by atoms with Crippen molar-refractivity contribution >= 4 is 0 Å². The van der Waals surface area contributed by atoms with Crippen LogP contribution in [0.25, 0.3) is 0 Å². The largest absolute Gasteiger partial charge is 0.490 e. The third-order valence-corrected chi connectivity index (χ3v) is 15.9.